The van der Waals surface area contributed by atoms with Crippen molar-refractivity contribution in [2.24, 2.45) is 17.8 Å². The van der Waals surface area contributed by atoms with E-state index < -0.39 is 60.1 Å². The molecule has 0 radical (unpaired) electrons. The highest BCUT2D eigenvalue weighted by Crippen LogP contribution is 2.14. The van der Waals surface area contributed by atoms with Crippen molar-refractivity contribution in [3.8, 4) is 0 Å². The predicted molar refractivity (Wildman–Crippen MR) is 155 cm³/mol. The lowest BCUT2D eigenvalue weighted by molar-refractivity contribution is -0.138. The van der Waals surface area contributed by atoms with E-state index in [-0.39, 0.29) is 37.9 Å². The molecule has 0 fully saturated rings. The van der Waals surface area contributed by atoms with Gasteiger partial charge in [0, 0.05) is 18.5 Å². The number of rotatable bonds is 17. The number of aliphatic hydroxyl groups is 1. The van der Waals surface area contributed by atoms with E-state index in [4.69, 9.17) is 9.47 Å². The Morgan fingerprint density at radius 3 is 2.05 bits per heavy atom. The van der Waals surface area contributed by atoms with Gasteiger partial charge in [-0.1, -0.05) is 58.0 Å². The molecule has 41 heavy (non-hydrogen) atoms. The quantitative estimate of drug-likeness (QED) is 0.188. The third-order valence-corrected chi connectivity index (χ3v) is 6.21. The summed E-state index contributed by atoms with van der Waals surface area (Å²) in [4.78, 5) is 50.1. The molecular formula is C30H49N3O8. The van der Waals surface area contributed by atoms with Crippen LogP contribution in [-0.2, 0) is 30.5 Å². The van der Waals surface area contributed by atoms with Gasteiger partial charge in [0.05, 0.1) is 38.2 Å². The summed E-state index contributed by atoms with van der Waals surface area (Å²) in [6, 6.07) is 7.24. The monoisotopic (exact) mass is 579 g/mol. The number of alkyl carbamates (subject to hydrolysis) is 1. The lowest BCUT2D eigenvalue weighted by atomic mass is 9.96. The summed E-state index contributed by atoms with van der Waals surface area (Å²) < 4.78 is 11.2. The predicted octanol–water partition coefficient (Wildman–Crippen LogP) is 3.24. The second-order valence-corrected chi connectivity index (χ2v) is 12.1. The fourth-order valence-electron chi connectivity index (χ4n) is 4.19. The van der Waals surface area contributed by atoms with Crippen LogP contribution in [0.2, 0.25) is 0 Å². The Kier molecular flexibility index (Phi) is 15.4. The molecule has 0 aliphatic rings. The minimum Gasteiger partial charge on any atom is -0.481 e. The highest BCUT2D eigenvalue weighted by atomic mass is 16.6. The number of nitrogens with one attached hydrogen (secondary N) is 3. The Labute approximate surface area is 243 Å². The number of aliphatic carboxylic acids is 1. The summed E-state index contributed by atoms with van der Waals surface area (Å²) in [6.45, 7) is 12.3. The van der Waals surface area contributed by atoms with Gasteiger partial charge < -0.3 is 35.6 Å². The van der Waals surface area contributed by atoms with Crippen LogP contribution in [0.15, 0.2) is 30.3 Å². The molecule has 232 valence electrons. The van der Waals surface area contributed by atoms with Crippen LogP contribution in [0.25, 0.3) is 0 Å². The minimum absolute atomic E-state index is 0.0844. The van der Waals surface area contributed by atoms with Crippen LogP contribution < -0.4 is 16.0 Å². The normalized spacial score (nSPS) is 14.6. The van der Waals surface area contributed by atoms with E-state index in [1.807, 2.05) is 58.0 Å². The third kappa shape index (κ3) is 15.4. The molecule has 0 aromatic heterocycles. The topological polar surface area (TPSA) is 163 Å². The lowest BCUT2D eigenvalue weighted by Crippen LogP contribution is -2.53. The van der Waals surface area contributed by atoms with Gasteiger partial charge >= 0.3 is 12.1 Å². The maximum Gasteiger partial charge on any atom is 0.407 e. The first-order valence-corrected chi connectivity index (χ1v) is 14.1. The first kappa shape index (κ1) is 35.8. The van der Waals surface area contributed by atoms with Gasteiger partial charge in [-0.3, -0.25) is 14.4 Å². The van der Waals surface area contributed by atoms with Crippen molar-refractivity contribution in [3.63, 3.8) is 0 Å². The van der Waals surface area contributed by atoms with Crippen LogP contribution in [0.1, 0.15) is 73.3 Å². The van der Waals surface area contributed by atoms with Gasteiger partial charge in [-0.2, -0.15) is 0 Å². The smallest absolute Gasteiger partial charge is 0.407 e. The summed E-state index contributed by atoms with van der Waals surface area (Å²) in [5.41, 5.74) is 0.188. The van der Waals surface area contributed by atoms with Crippen LogP contribution in [0, 0.1) is 17.8 Å². The van der Waals surface area contributed by atoms with Crippen molar-refractivity contribution < 1.29 is 38.9 Å². The van der Waals surface area contributed by atoms with Crippen molar-refractivity contribution in [2.45, 2.75) is 98.1 Å². The fourth-order valence-corrected chi connectivity index (χ4v) is 4.19. The molecule has 4 atom stereocenters. The van der Waals surface area contributed by atoms with Crippen molar-refractivity contribution in [2.75, 3.05) is 13.2 Å². The zero-order chi connectivity index (χ0) is 31.2. The molecule has 0 saturated carbocycles. The number of benzene rings is 1. The van der Waals surface area contributed by atoms with E-state index in [1.54, 1.807) is 20.8 Å². The van der Waals surface area contributed by atoms with Crippen molar-refractivity contribution in [3.05, 3.63) is 35.9 Å². The summed E-state index contributed by atoms with van der Waals surface area (Å²) in [5, 5.41) is 27.8. The van der Waals surface area contributed by atoms with Crippen molar-refractivity contribution in [1.82, 2.24) is 16.0 Å². The molecule has 0 bridgehead atoms. The molecule has 1 rings (SSSR count). The van der Waals surface area contributed by atoms with Gasteiger partial charge in [0.1, 0.15) is 5.60 Å². The SMILES string of the molecule is CC(C)C[C@@H](CC(=O)O)NC(=O)[C@@H](CO)[C@H](COCc1ccccc1)NC(=O)C[C@@H](NC(=O)OC(C)(C)C)C(C)C. The van der Waals surface area contributed by atoms with Crippen LogP contribution in [0.5, 0.6) is 0 Å². The number of hydrogen-bond acceptors (Lipinski definition) is 7. The Hall–Kier alpha value is -3.18. The number of carboxylic acids is 1. The Bertz CT molecular complexity index is 962. The molecule has 11 nitrogen and oxygen atoms in total. The fraction of sp³-hybridized carbons (Fsp3) is 0.667. The number of carbonyl (C=O) groups is 4. The maximum atomic E-state index is 13.3. The van der Waals surface area contributed by atoms with Crippen LogP contribution in [0.3, 0.4) is 0 Å². The molecule has 0 aliphatic carbocycles. The summed E-state index contributed by atoms with van der Waals surface area (Å²) in [5.74, 6) is -3.17. The van der Waals surface area contributed by atoms with Crippen molar-refractivity contribution >= 4 is 23.9 Å². The minimum atomic E-state index is -1.10. The highest BCUT2D eigenvalue weighted by Gasteiger charge is 2.32. The molecular weight excluding hydrogens is 530 g/mol. The van der Waals surface area contributed by atoms with Gasteiger partial charge in [-0.05, 0) is 44.6 Å². The Balaban J connectivity index is 3.06. The Morgan fingerprint density at radius 1 is 0.902 bits per heavy atom. The molecule has 5 N–H and O–H groups in total. The Morgan fingerprint density at radius 2 is 1.54 bits per heavy atom. The number of carbonyl (C=O) groups excluding carboxylic acids is 3. The zero-order valence-electron chi connectivity index (χ0n) is 25.4. The van der Waals surface area contributed by atoms with Crippen LogP contribution in [-0.4, -0.2) is 71.0 Å². The average molecular weight is 580 g/mol. The van der Waals surface area contributed by atoms with E-state index >= 15 is 0 Å². The zero-order valence-corrected chi connectivity index (χ0v) is 25.4. The van der Waals surface area contributed by atoms with Gasteiger partial charge in [0.25, 0.3) is 0 Å². The molecule has 1 aromatic carbocycles. The number of aliphatic hydroxyl groups excluding tert-OH is 1. The molecule has 0 heterocycles. The molecule has 0 aliphatic heterocycles. The van der Waals surface area contributed by atoms with Gasteiger partial charge in [0.15, 0.2) is 0 Å². The molecule has 0 spiro atoms. The highest BCUT2D eigenvalue weighted by molar-refractivity contribution is 5.83. The third-order valence-electron chi connectivity index (χ3n) is 6.21. The summed E-state index contributed by atoms with van der Waals surface area (Å²) >= 11 is 0. The maximum absolute atomic E-state index is 13.3. The summed E-state index contributed by atoms with van der Waals surface area (Å²) in [7, 11) is 0. The largest absolute Gasteiger partial charge is 0.481 e. The first-order chi connectivity index (χ1) is 19.1. The van der Waals surface area contributed by atoms with E-state index in [0.29, 0.717) is 6.42 Å². The average Bonchev–Trinajstić information content (AvgIpc) is 2.82. The van der Waals surface area contributed by atoms with E-state index in [9.17, 15) is 29.4 Å². The van der Waals surface area contributed by atoms with Gasteiger partial charge in [-0.15, -0.1) is 0 Å². The molecule has 3 amide bonds. The molecule has 1 aromatic rings. The van der Waals surface area contributed by atoms with E-state index in [0.717, 1.165) is 5.56 Å². The number of carboxylic acid groups (broad SMARTS) is 1. The standard InChI is InChI=1S/C30H49N3O8/c1-19(2)13-22(14-27(36)37)31-28(38)23(16-34)25(18-40-17-21-11-9-8-10-12-21)32-26(35)15-24(20(3)4)33-29(39)41-30(5,6)7/h8-12,19-20,22-25,34H,13-18H2,1-7H3,(H,31,38)(H,32,35)(H,33,39)(H,36,37)/t22-,23-,24+,25-/m0/s1. The van der Waals surface area contributed by atoms with Crippen molar-refractivity contribution in [1.29, 1.82) is 0 Å². The van der Waals surface area contributed by atoms with Gasteiger partial charge in [-0.25, -0.2) is 4.79 Å². The van der Waals surface area contributed by atoms with E-state index in [2.05, 4.69) is 16.0 Å². The first-order valence-electron chi connectivity index (χ1n) is 14.1. The number of hydrogen-bond donors (Lipinski definition) is 5. The van der Waals surface area contributed by atoms with E-state index in [1.165, 1.54) is 0 Å². The molecule has 0 unspecified atom stereocenters. The molecule has 0 saturated heterocycles. The van der Waals surface area contributed by atoms with Crippen LogP contribution in [0.4, 0.5) is 4.79 Å². The molecule has 11 heteroatoms. The second kappa shape index (κ2) is 17.6. The number of ether oxygens (including phenoxy) is 2. The second-order valence-electron chi connectivity index (χ2n) is 12.1. The lowest BCUT2D eigenvalue weighted by Gasteiger charge is -2.29. The van der Waals surface area contributed by atoms with Gasteiger partial charge in [0.2, 0.25) is 11.8 Å². The summed E-state index contributed by atoms with van der Waals surface area (Å²) in [6.07, 6.45) is -0.574. The number of amides is 3. The van der Waals surface area contributed by atoms with Crippen LogP contribution >= 0.6 is 0 Å².